The number of thiophene rings is 1. The normalized spacial score (nSPS) is 10.9. The Morgan fingerprint density at radius 3 is 2.57 bits per heavy atom. The van der Waals surface area contributed by atoms with Crippen molar-refractivity contribution in [3.8, 4) is 5.75 Å². The summed E-state index contributed by atoms with van der Waals surface area (Å²) in [4.78, 5) is 37.2. The molecule has 0 atom stereocenters. The molecule has 0 aliphatic rings. The lowest BCUT2D eigenvalue weighted by molar-refractivity contribution is -0.113. The van der Waals surface area contributed by atoms with E-state index in [1.54, 1.807) is 32.4 Å². The summed E-state index contributed by atoms with van der Waals surface area (Å²) in [6.07, 6.45) is -0.363. The Morgan fingerprint density at radius 2 is 1.91 bits per heavy atom. The number of hydrogen-bond donors (Lipinski definition) is 2. The highest BCUT2D eigenvalue weighted by molar-refractivity contribution is 7.99. The number of primary amides is 1. The molecule has 0 fully saturated rings. The van der Waals surface area contributed by atoms with Crippen LogP contribution >= 0.6 is 23.1 Å². The number of para-hydroxylation sites is 1. The maximum Gasteiger partial charge on any atom is 0.341 e. The maximum atomic E-state index is 12.7. The zero-order valence-electron chi connectivity index (χ0n) is 20.1. The zero-order chi connectivity index (χ0) is 25.7. The molecule has 0 aliphatic carbocycles. The van der Waals surface area contributed by atoms with Crippen molar-refractivity contribution >= 4 is 45.9 Å². The fourth-order valence-corrected chi connectivity index (χ4v) is 4.90. The van der Waals surface area contributed by atoms with Crippen LogP contribution in [0.2, 0.25) is 0 Å². The van der Waals surface area contributed by atoms with E-state index >= 15 is 0 Å². The number of nitrogens with one attached hydrogen (secondary N) is 1. The van der Waals surface area contributed by atoms with Crippen LogP contribution in [0.25, 0.3) is 0 Å². The third kappa shape index (κ3) is 6.40. The third-order valence-corrected chi connectivity index (χ3v) is 7.12. The van der Waals surface area contributed by atoms with E-state index in [9.17, 15) is 14.4 Å². The summed E-state index contributed by atoms with van der Waals surface area (Å²) in [5.74, 6) is -0.318. The van der Waals surface area contributed by atoms with Gasteiger partial charge < -0.3 is 25.1 Å². The van der Waals surface area contributed by atoms with Crippen molar-refractivity contribution in [3.63, 3.8) is 0 Å². The van der Waals surface area contributed by atoms with Crippen molar-refractivity contribution in [2.75, 3.05) is 11.1 Å². The van der Waals surface area contributed by atoms with E-state index in [0.29, 0.717) is 16.5 Å². The Labute approximate surface area is 211 Å². The summed E-state index contributed by atoms with van der Waals surface area (Å²) in [5.41, 5.74) is 6.95. The van der Waals surface area contributed by atoms with Crippen LogP contribution in [0.4, 0.5) is 5.00 Å². The molecular formula is C23H27N5O5S2. The first-order valence-electron chi connectivity index (χ1n) is 10.7. The van der Waals surface area contributed by atoms with Crippen LogP contribution in [0.15, 0.2) is 29.4 Å². The molecule has 2 heterocycles. The summed E-state index contributed by atoms with van der Waals surface area (Å²) >= 11 is 2.13. The van der Waals surface area contributed by atoms with Crippen LogP contribution in [0.1, 0.15) is 50.8 Å². The lowest BCUT2D eigenvalue weighted by atomic mass is 10.1. The number of thioether (sulfide) groups is 1. The molecule has 2 amide bonds. The molecule has 1 aromatic carbocycles. The first kappa shape index (κ1) is 26.2. The van der Waals surface area contributed by atoms with Crippen molar-refractivity contribution in [1.29, 1.82) is 0 Å². The van der Waals surface area contributed by atoms with Crippen LogP contribution in [0.3, 0.4) is 0 Å². The van der Waals surface area contributed by atoms with Gasteiger partial charge in [-0.15, -0.1) is 21.5 Å². The fraction of sp³-hybridized carbons (Fsp3) is 0.348. The number of aryl methyl sites for hydroxylation is 1. The summed E-state index contributed by atoms with van der Waals surface area (Å²) in [6.45, 7) is 7.21. The predicted octanol–water partition coefficient (Wildman–Crippen LogP) is 3.47. The molecule has 10 nitrogen and oxygen atoms in total. The van der Waals surface area contributed by atoms with Crippen molar-refractivity contribution < 1.29 is 23.9 Å². The SMILES string of the molecule is Cc1ccccc1OCc1nnc(SCC(=O)Nc2sc(C(N)=O)c(C)c2C(=O)OC(C)C)n1C. The second-order valence-electron chi connectivity index (χ2n) is 7.93. The first-order chi connectivity index (χ1) is 16.6. The van der Waals surface area contributed by atoms with Crippen LogP contribution in [0.5, 0.6) is 5.75 Å². The number of benzene rings is 1. The van der Waals surface area contributed by atoms with E-state index in [1.165, 1.54) is 11.8 Å². The number of rotatable bonds is 10. The van der Waals surface area contributed by atoms with Crippen LogP contribution in [0, 0.1) is 13.8 Å². The number of hydrogen-bond acceptors (Lipinski definition) is 9. The Bertz CT molecular complexity index is 1250. The molecule has 3 aromatic rings. The summed E-state index contributed by atoms with van der Waals surface area (Å²) < 4.78 is 12.8. The van der Waals surface area contributed by atoms with E-state index in [1.807, 2.05) is 31.2 Å². The van der Waals surface area contributed by atoms with Gasteiger partial charge in [0.1, 0.15) is 17.4 Å². The van der Waals surface area contributed by atoms with Gasteiger partial charge in [-0.25, -0.2) is 4.79 Å². The summed E-state index contributed by atoms with van der Waals surface area (Å²) in [7, 11) is 1.79. The number of ether oxygens (including phenoxy) is 2. The van der Waals surface area contributed by atoms with Crippen molar-refractivity contribution in [2.45, 2.75) is 45.6 Å². The van der Waals surface area contributed by atoms with Crippen LogP contribution in [-0.4, -0.2) is 44.4 Å². The topological polar surface area (TPSA) is 138 Å². The van der Waals surface area contributed by atoms with Gasteiger partial charge >= 0.3 is 5.97 Å². The highest BCUT2D eigenvalue weighted by atomic mass is 32.2. The van der Waals surface area contributed by atoms with Gasteiger partial charge in [0, 0.05) is 7.05 Å². The average molecular weight is 518 g/mol. The van der Waals surface area contributed by atoms with Gasteiger partial charge in [0.05, 0.1) is 22.3 Å². The minimum absolute atomic E-state index is 0.00610. The van der Waals surface area contributed by atoms with E-state index in [0.717, 1.165) is 22.6 Å². The number of aromatic nitrogens is 3. The standard InChI is InChI=1S/C23H27N5O5S2/c1-12(2)33-22(31)18-14(4)19(20(24)30)35-21(18)25-17(29)11-34-23-27-26-16(28(23)5)10-32-15-9-7-6-8-13(15)3/h6-9,12H,10-11H2,1-5H3,(H2,24,30)(H,25,29). The highest BCUT2D eigenvalue weighted by Crippen LogP contribution is 2.34. The van der Waals surface area contributed by atoms with Crippen LogP contribution < -0.4 is 15.8 Å². The van der Waals surface area contributed by atoms with Gasteiger partial charge in [0.15, 0.2) is 11.0 Å². The summed E-state index contributed by atoms with van der Waals surface area (Å²) in [6, 6.07) is 7.68. The largest absolute Gasteiger partial charge is 0.485 e. The molecule has 0 aliphatic heterocycles. The monoisotopic (exact) mass is 517 g/mol. The molecule has 0 spiro atoms. The molecule has 0 saturated carbocycles. The number of anilines is 1. The smallest absolute Gasteiger partial charge is 0.341 e. The Morgan fingerprint density at radius 1 is 1.20 bits per heavy atom. The second kappa shape index (κ2) is 11.4. The van der Waals surface area contributed by atoms with Gasteiger partial charge in [0.2, 0.25) is 5.91 Å². The first-order valence-corrected chi connectivity index (χ1v) is 12.5. The Kier molecular flexibility index (Phi) is 8.52. The van der Waals surface area contributed by atoms with Crippen LogP contribution in [-0.2, 0) is 23.2 Å². The van der Waals surface area contributed by atoms with E-state index < -0.39 is 11.9 Å². The average Bonchev–Trinajstić information content (AvgIpc) is 3.30. The molecule has 0 radical (unpaired) electrons. The van der Waals surface area contributed by atoms with E-state index in [2.05, 4.69) is 15.5 Å². The predicted molar refractivity (Wildman–Crippen MR) is 134 cm³/mol. The Balaban J connectivity index is 1.66. The highest BCUT2D eigenvalue weighted by Gasteiger charge is 2.26. The van der Waals surface area contributed by atoms with Gasteiger partial charge in [-0.2, -0.15) is 0 Å². The second-order valence-corrected chi connectivity index (χ2v) is 9.89. The third-order valence-electron chi connectivity index (χ3n) is 4.88. The molecule has 0 saturated heterocycles. The van der Waals surface area contributed by atoms with Crippen molar-refractivity contribution in [1.82, 2.24) is 14.8 Å². The van der Waals surface area contributed by atoms with Gasteiger partial charge in [0.25, 0.3) is 5.91 Å². The molecule has 35 heavy (non-hydrogen) atoms. The van der Waals surface area contributed by atoms with E-state index in [4.69, 9.17) is 15.2 Å². The number of amides is 2. The lowest BCUT2D eigenvalue weighted by Gasteiger charge is -2.10. The lowest BCUT2D eigenvalue weighted by Crippen LogP contribution is -2.18. The van der Waals surface area contributed by atoms with Gasteiger partial charge in [-0.05, 0) is 44.9 Å². The molecule has 186 valence electrons. The number of carbonyl (C=O) groups is 3. The molecule has 3 N–H and O–H groups in total. The van der Waals surface area contributed by atoms with Crippen molar-refractivity contribution in [2.24, 2.45) is 12.8 Å². The minimum atomic E-state index is -0.680. The molecule has 3 rings (SSSR count). The zero-order valence-corrected chi connectivity index (χ0v) is 21.7. The molecule has 0 bridgehead atoms. The number of nitrogens with two attached hydrogens (primary N) is 1. The number of esters is 1. The Hall–Kier alpha value is -3.38. The minimum Gasteiger partial charge on any atom is -0.485 e. The molecule has 12 heteroatoms. The maximum absolute atomic E-state index is 12.7. The summed E-state index contributed by atoms with van der Waals surface area (Å²) in [5, 5.41) is 11.7. The molecule has 0 unspecified atom stereocenters. The molecule has 2 aromatic heterocycles. The fourth-order valence-electron chi connectivity index (χ4n) is 3.11. The van der Waals surface area contributed by atoms with Gasteiger partial charge in [-0.1, -0.05) is 30.0 Å². The van der Waals surface area contributed by atoms with Crippen molar-refractivity contribution in [3.05, 3.63) is 51.7 Å². The number of carbonyl (C=O) groups excluding carboxylic acids is 3. The van der Waals surface area contributed by atoms with E-state index in [-0.39, 0.29) is 39.8 Å². The van der Waals surface area contributed by atoms with Gasteiger partial charge in [-0.3, -0.25) is 9.59 Å². The quantitative estimate of drug-likeness (QED) is 0.308. The molecular weight excluding hydrogens is 490 g/mol. The number of nitrogens with zero attached hydrogens (tertiary/aromatic N) is 3.